The van der Waals surface area contributed by atoms with Gasteiger partial charge in [-0.1, -0.05) is 80.6 Å². The average Bonchev–Trinajstić information content (AvgIpc) is 3.13. The van der Waals surface area contributed by atoms with Gasteiger partial charge in [0.2, 0.25) is 17.7 Å². The van der Waals surface area contributed by atoms with Gasteiger partial charge in [-0.05, 0) is 46.7 Å². The molecule has 3 amide bonds. The summed E-state index contributed by atoms with van der Waals surface area (Å²) in [5.74, 6) is -1.90. The number of likely N-dealkylation sites (tertiary alicyclic amines) is 1. The first-order chi connectivity index (χ1) is 17.0. The van der Waals surface area contributed by atoms with Crippen molar-refractivity contribution in [3.05, 3.63) is 101 Å². The number of imide groups is 1. The molecule has 3 aromatic rings. The smallest absolute Gasteiger partial charge is 0.247 e. The maximum absolute atomic E-state index is 14.1. The van der Waals surface area contributed by atoms with E-state index >= 15 is 0 Å². The second-order valence-corrected chi connectivity index (χ2v) is 10.3. The molecule has 5 heteroatoms. The van der Waals surface area contributed by atoms with Crippen molar-refractivity contribution in [1.82, 2.24) is 4.90 Å². The molecule has 0 saturated carbocycles. The molecule has 176 valence electrons. The lowest BCUT2D eigenvalue weighted by atomic mass is 9.55. The number of amides is 3. The van der Waals surface area contributed by atoms with Crippen molar-refractivity contribution in [2.24, 2.45) is 17.8 Å². The predicted octanol–water partition coefficient (Wildman–Crippen LogP) is 4.93. The van der Waals surface area contributed by atoms with Crippen molar-refractivity contribution in [1.29, 1.82) is 0 Å². The Bertz CT molecular complexity index is 1220. The van der Waals surface area contributed by atoms with Crippen LogP contribution >= 0.6 is 0 Å². The van der Waals surface area contributed by atoms with Crippen LogP contribution in [0, 0.1) is 17.8 Å². The van der Waals surface area contributed by atoms with E-state index in [0.29, 0.717) is 12.1 Å². The number of carbonyl (C=O) groups excluding carboxylic acids is 3. The highest BCUT2D eigenvalue weighted by atomic mass is 16.2. The minimum Gasteiger partial charge on any atom is -0.324 e. The van der Waals surface area contributed by atoms with E-state index in [9.17, 15) is 14.4 Å². The number of nitrogens with zero attached hydrogens (tertiary/aromatic N) is 1. The summed E-state index contributed by atoms with van der Waals surface area (Å²) in [6.45, 7) is 4.02. The Morgan fingerprint density at radius 1 is 0.743 bits per heavy atom. The summed E-state index contributed by atoms with van der Waals surface area (Å²) in [7, 11) is 0. The van der Waals surface area contributed by atoms with Gasteiger partial charge in [0.05, 0.1) is 11.8 Å². The third-order valence-corrected chi connectivity index (χ3v) is 7.83. The first kappa shape index (κ1) is 21.8. The Labute approximate surface area is 205 Å². The van der Waals surface area contributed by atoms with Gasteiger partial charge in [0.25, 0.3) is 0 Å². The molecule has 3 aliphatic carbocycles. The van der Waals surface area contributed by atoms with E-state index in [2.05, 4.69) is 29.6 Å². The van der Waals surface area contributed by atoms with Gasteiger partial charge >= 0.3 is 0 Å². The Hall–Kier alpha value is -3.73. The highest BCUT2D eigenvalue weighted by molar-refractivity contribution is 6.11. The third-order valence-electron chi connectivity index (χ3n) is 7.83. The van der Waals surface area contributed by atoms with Gasteiger partial charge in [-0.25, -0.2) is 0 Å². The molecule has 0 unspecified atom stereocenters. The zero-order valence-electron chi connectivity index (χ0n) is 19.8. The third kappa shape index (κ3) is 3.25. The number of carbonyl (C=O) groups is 3. The molecule has 4 aliphatic rings. The quantitative estimate of drug-likeness (QED) is 0.545. The molecule has 3 aromatic carbocycles. The highest BCUT2D eigenvalue weighted by Gasteiger charge is 2.63. The second kappa shape index (κ2) is 8.19. The molecule has 5 nitrogen and oxygen atoms in total. The minimum absolute atomic E-state index is 0.135. The molecule has 1 fully saturated rings. The minimum atomic E-state index is -0.841. The lowest BCUT2D eigenvalue weighted by Gasteiger charge is -2.45. The largest absolute Gasteiger partial charge is 0.324 e. The molecular weight excluding hydrogens is 436 g/mol. The topological polar surface area (TPSA) is 66.5 Å². The van der Waals surface area contributed by atoms with E-state index in [-0.39, 0.29) is 35.5 Å². The van der Waals surface area contributed by atoms with E-state index < -0.39 is 17.9 Å². The first-order valence-corrected chi connectivity index (χ1v) is 12.4. The number of hydrogen-bond donors (Lipinski definition) is 1. The molecule has 1 N–H and O–H groups in total. The molecule has 3 atom stereocenters. The van der Waals surface area contributed by atoms with Crippen LogP contribution in [0.5, 0.6) is 0 Å². The lowest BCUT2D eigenvalue weighted by molar-refractivity contribution is -0.147. The Kier molecular flexibility index (Phi) is 5.10. The van der Waals surface area contributed by atoms with E-state index in [1.807, 2.05) is 68.4 Å². The van der Waals surface area contributed by atoms with Crippen LogP contribution in [0.15, 0.2) is 78.9 Å². The van der Waals surface area contributed by atoms with Gasteiger partial charge in [0, 0.05) is 17.5 Å². The number of para-hydroxylation sites is 1. The van der Waals surface area contributed by atoms with Crippen molar-refractivity contribution in [3.63, 3.8) is 0 Å². The normalized spacial score (nSPS) is 24.7. The van der Waals surface area contributed by atoms with Crippen LogP contribution in [-0.2, 0) is 14.4 Å². The summed E-state index contributed by atoms with van der Waals surface area (Å²) in [5.41, 5.74) is 5.19. The SMILES string of the molecule is CC(C)C[C@@H](C(=O)Nc1ccccc1)N1C(=O)[C@H]2C3c4ccccc4C(c4ccccc43)[C@@H]2C1=O. The molecule has 35 heavy (non-hydrogen) atoms. The van der Waals surface area contributed by atoms with Gasteiger partial charge in [0.1, 0.15) is 6.04 Å². The van der Waals surface area contributed by atoms with Crippen LogP contribution < -0.4 is 5.32 Å². The molecule has 0 radical (unpaired) electrons. The summed E-state index contributed by atoms with van der Waals surface area (Å²) in [5, 5.41) is 2.93. The number of benzene rings is 3. The number of rotatable bonds is 5. The molecule has 7 rings (SSSR count). The molecule has 2 bridgehead atoms. The monoisotopic (exact) mass is 464 g/mol. The van der Waals surface area contributed by atoms with Gasteiger partial charge in [0.15, 0.2) is 0 Å². The molecule has 0 spiro atoms. The summed E-state index contributed by atoms with van der Waals surface area (Å²) in [4.78, 5) is 42.9. The van der Waals surface area contributed by atoms with Gasteiger partial charge in [-0.2, -0.15) is 0 Å². The van der Waals surface area contributed by atoms with Gasteiger partial charge in [-0.15, -0.1) is 0 Å². The zero-order valence-corrected chi connectivity index (χ0v) is 19.8. The Morgan fingerprint density at radius 2 is 1.17 bits per heavy atom. The van der Waals surface area contributed by atoms with Crippen LogP contribution in [0.3, 0.4) is 0 Å². The Morgan fingerprint density at radius 3 is 1.60 bits per heavy atom. The average molecular weight is 465 g/mol. The fourth-order valence-electron chi connectivity index (χ4n) is 6.53. The van der Waals surface area contributed by atoms with Crippen LogP contribution in [0.1, 0.15) is 54.4 Å². The van der Waals surface area contributed by atoms with Crippen molar-refractivity contribution in [2.45, 2.75) is 38.1 Å². The second-order valence-electron chi connectivity index (χ2n) is 10.3. The van der Waals surface area contributed by atoms with Crippen molar-refractivity contribution < 1.29 is 14.4 Å². The van der Waals surface area contributed by atoms with Crippen LogP contribution in [0.4, 0.5) is 5.69 Å². The van der Waals surface area contributed by atoms with Crippen molar-refractivity contribution in [3.8, 4) is 0 Å². The van der Waals surface area contributed by atoms with E-state index in [0.717, 1.165) is 22.3 Å². The van der Waals surface area contributed by atoms with Gasteiger partial charge < -0.3 is 5.32 Å². The van der Waals surface area contributed by atoms with Crippen molar-refractivity contribution >= 4 is 23.4 Å². The lowest BCUT2D eigenvalue weighted by Crippen LogP contribution is -2.48. The maximum atomic E-state index is 14.1. The van der Waals surface area contributed by atoms with E-state index in [1.54, 1.807) is 0 Å². The fraction of sp³-hybridized carbons (Fsp3) is 0.300. The molecule has 1 heterocycles. The summed E-state index contributed by atoms with van der Waals surface area (Å²) >= 11 is 0. The van der Waals surface area contributed by atoms with Crippen LogP contribution in [0.25, 0.3) is 0 Å². The molecule has 1 saturated heterocycles. The van der Waals surface area contributed by atoms with Gasteiger partial charge in [-0.3, -0.25) is 19.3 Å². The molecule has 1 aliphatic heterocycles. The Balaban J connectivity index is 1.42. The van der Waals surface area contributed by atoms with Crippen molar-refractivity contribution in [2.75, 3.05) is 5.32 Å². The molecule has 0 aromatic heterocycles. The number of anilines is 1. The predicted molar refractivity (Wildman–Crippen MR) is 134 cm³/mol. The number of nitrogens with one attached hydrogen (secondary N) is 1. The maximum Gasteiger partial charge on any atom is 0.247 e. The van der Waals surface area contributed by atoms with E-state index in [1.165, 1.54) is 4.90 Å². The summed E-state index contributed by atoms with van der Waals surface area (Å²) in [6.07, 6.45) is 0.421. The summed E-state index contributed by atoms with van der Waals surface area (Å²) in [6, 6.07) is 24.7. The van der Waals surface area contributed by atoms with E-state index in [4.69, 9.17) is 0 Å². The standard InChI is InChI=1S/C30H28N2O3/c1-17(2)16-23(28(33)31-18-10-4-3-5-11-18)32-29(34)26-24-19-12-6-7-13-20(19)25(27(26)30(32)35)22-15-9-8-14-21(22)24/h3-15,17,23-27H,16H2,1-2H3,(H,31,33)/t23-,24?,25?,26-,27-/m0/s1. The highest BCUT2D eigenvalue weighted by Crippen LogP contribution is 2.61. The fourth-order valence-corrected chi connectivity index (χ4v) is 6.53. The van der Waals surface area contributed by atoms with Crippen LogP contribution in [0.2, 0.25) is 0 Å². The van der Waals surface area contributed by atoms with Crippen LogP contribution in [-0.4, -0.2) is 28.7 Å². The number of hydrogen-bond acceptors (Lipinski definition) is 3. The first-order valence-electron chi connectivity index (χ1n) is 12.4. The zero-order chi connectivity index (χ0) is 24.3. The summed E-state index contributed by atoms with van der Waals surface area (Å²) < 4.78 is 0. The molecular formula is C30H28N2O3.